The van der Waals surface area contributed by atoms with Gasteiger partial charge in [0.15, 0.2) is 0 Å². The van der Waals surface area contributed by atoms with Crippen LogP contribution in [0.3, 0.4) is 0 Å². The molecule has 0 aliphatic heterocycles. The molecule has 0 amide bonds. The summed E-state index contributed by atoms with van der Waals surface area (Å²) >= 11 is 3.35. The topological polar surface area (TPSA) is 57.5 Å². The Hall–Kier alpha value is -0.870. The van der Waals surface area contributed by atoms with E-state index in [4.69, 9.17) is 10.2 Å². The highest BCUT2D eigenvalue weighted by atomic mass is 79.9. The lowest BCUT2D eigenvalue weighted by atomic mass is 9.95. The van der Waals surface area contributed by atoms with Gasteiger partial charge in [-0.1, -0.05) is 28.1 Å². The van der Waals surface area contributed by atoms with Crippen molar-refractivity contribution in [1.82, 2.24) is 0 Å². The minimum absolute atomic E-state index is 0.0439. The van der Waals surface area contributed by atoms with E-state index in [1.54, 1.807) is 0 Å². The highest BCUT2D eigenvalue weighted by Crippen LogP contribution is 2.18. The molecule has 0 heterocycles. The number of aliphatic hydroxyl groups excluding tert-OH is 1. The molecule has 1 unspecified atom stereocenters. The Morgan fingerprint density at radius 2 is 2.19 bits per heavy atom. The number of hydrogen-bond acceptors (Lipinski definition) is 2. The molecule has 0 aromatic heterocycles. The number of carbonyl (C=O) groups is 1. The molecule has 0 radical (unpaired) electrons. The van der Waals surface area contributed by atoms with E-state index in [1.807, 2.05) is 24.3 Å². The molecule has 0 aliphatic carbocycles. The summed E-state index contributed by atoms with van der Waals surface area (Å²) in [5, 5.41) is 17.7. The standard InChI is InChI=1S/C12H15BrO3/c13-11-5-1-3-9(8-11)7-10(12(15)16)4-2-6-14/h1,3,5,8,10,14H,2,4,6-7H2,(H,15,16). The van der Waals surface area contributed by atoms with E-state index < -0.39 is 11.9 Å². The summed E-state index contributed by atoms with van der Waals surface area (Å²) in [7, 11) is 0. The number of aliphatic carboxylic acids is 1. The van der Waals surface area contributed by atoms with E-state index in [-0.39, 0.29) is 6.61 Å². The predicted octanol–water partition coefficient (Wildman–Crippen LogP) is 2.46. The van der Waals surface area contributed by atoms with Crippen molar-refractivity contribution in [2.75, 3.05) is 6.61 Å². The summed E-state index contributed by atoms with van der Waals surface area (Å²) in [4.78, 5) is 11.0. The zero-order valence-corrected chi connectivity index (χ0v) is 10.5. The Morgan fingerprint density at radius 1 is 1.44 bits per heavy atom. The minimum atomic E-state index is -0.798. The first-order valence-corrected chi connectivity index (χ1v) is 6.01. The quantitative estimate of drug-likeness (QED) is 0.845. The second-order valence-corrected chi connectivity index (χ2v) is 4.65. The molecular weight excluding hydrogens is 272 g/mol. The molecule has 4 heteroatoms. The summed E-state index contributed by atoms with van der Waals surface area (Å²) in [6, 6.07) is 7.64. The first-order valence-electron chi connectivity index (χ1n) is 5.21. The Balaban J connectivity index is 2.64. The van der Waals surface area contributed by atoms with Gasteiger partial charge in [-0.15, -0.1) is 0 Å². The Morgan fingerprint density at radius 3 is 2.75 bits per heavy atom. The van der Waals surface area contributed by atoms with Gasteiger partial charge in [-0.3, -0.25) is 4.79 Å². The largest absolute Gasteiger partial charge is 0.481 e. The number of carboxylic acids is 1. The maximum atomic E-state index is 11.0. The van der Waals surface area contributed by atoms with Crippen LogP contribution in [0.25, 0.3) is 0 Å². The van der Waals surface area contributed by atoms with Crippen LogP contribution < -0.4 is 0 Å². The summed E-state index contributed by atoms with van der Waals surface area (Å²) in [5.74, 6) is -1.21. The molecule has 0 fully saturated rings. The van der Waals surface area contributed by atoms with E-state index >= 15 is 0 Å². The van der Waals surface area contributed by atoms with Crippen LogP contribution in [-0.2, 0) is 11.2 Å². The Labute approximate surface area is 103 Å². The summed E-state index contributed by atoms with van der Waals surface area (Å²) in [6.07, 6.45) is 1.55. The average molecular weight is 287 g/mol. The van der Waals surface area contributed by atoms with Crippen molar-refractivity contribution in [3.63, 3.8) is 0 Å². The first-order chi connectivity index (χ1) is 7.63. The normalized spacial score (nSPS) is 12.4. The molecule has 1 aromatic rings. The fraction of sp³-hybridized carbons (Fsp3) is 0.417. The lowest BCUT2D eigenvalue weighted by Crippen LogP contribution is -2.17. The number of aliphatic hydroxyl groups is 1. The Kier molecular flexibility index (Phi) is 5.49. The summed E-state index contributed by atoms with van der Waals surface area (Å²) in [6.45, 7) is 0.0439. The van der Waals surface area contributed by atoms with Crippen molar-refractivity contribution in [3.05, 3.63) is 34.3 Å². The molecule has 0 aliphatic rings. The minimum Gasteiger partial charge on any atom is -0.481 e. The predicted molar refractivity (Wildman–Crippen MR) is 65.3 cm³/mol. The van der Waals surface area contributed by atoms with Gasteiger partial charge in [-0.25, -0.2) is 0 Å². The highest BCUT2D eigenvalue weighted by molar-refractivity contribution is 9.10. The number of carboxylic acid groups (broad SMARTS) is 1. The number of halogens is 1. The molecule has 1 rings (SSSR count). The molecule has 2 N–H and O–H groups in total. The maximum Gasteiger partial charge on any atom is 0.306 e. The lowest BCUT2D eigenvalue weighted by Gasteiger charge is -2.11. The van der Waals surface area contributed by atoms with E-state index in [0.29, 0.717) is 19.3 Å². The van der Waals surface area contributed by atoms with E-state index in [0.717, 1.165) is 10.0 Å². The monoisotopic (exact) mass is 286 g/mol. The van der Waals surface area contributed by atoms with E-state index in [9.17, 15) is 4.79 Å². The van der Waals surface area contributed by atoms with Gasteiger partial charge in [0.05, 0.1) is 5.92 Å². The number of hydrogen-bond donors (Lipinski definition) is 2. The van der Waals surface area contributed by atoms with Crippen LogP contribution >= 0.6 is 15.9 Å². The SMILES string of the molecule is O=C(O)C(CCCO)Cc1cccc(Br)c1. The van der Waals surface area contributed by atoms with Crippen LogP contribution in [0.15, 0.2) is 28.7 Å². The van der Waals surface area contributed by atoms with Gasteiger partial charge < -0.3 is 10.2 Å². The molecule has 1 atom stereocenters. The molecule has 0 bridgehead atoms. The third kappa shape index (κ3) is 4.33. The third-order valence-electron chi connectivity index (χ3n) is 2.43. The van der Waals surface area contributed by atoms with Crippen molar-refractivity contribution in [2.24, 2.45) is 5.92 Å². The maximum absolute atomic E-state index is 11.0. The average Bonchev–Trinajstić information content (AvgIpc) is 2.24. The van der Waals surface area contributed by atoms with Gasteiger partial charge in [0.2, 0.25) is 0 Å². The van der Waals surface area contributed by atoms with Crippen LogP contribution in [0.5, 0.6) is 0 Å². The van der Waals surface area contributed by atoms with Crippen LogP contribution in [0, 0.1) is 5.92 Å². The third-order valence-corrected chi connectivity index (χ3v) is 2.92. The van der Waals surface area contributed by atoms with Crippen LogP contribution in [0.1, 0.15) is 18.4 Å². The highest BCUT2D eigenvalue weighted by Gasteiger charge is 2.17. The van der Waals surface area contributed by atoms with E-state index in [1.165, 1.54) is 0 Å². The van der Waals surface area contributed by atoms with Gasteiger partial charge in [0.1, 0.15) is 0 Å². The van der Waals surface area contributed by atoms with Gasteiger partial charge in [-0.05, 0) is 37.0 Å². The van der Waals surface area contributed by atoms with Gasteiger partial charge >= 0.3 is 5.97 Å². The van der Waals surface area contributed by atoms with E-state index in [2.05, 4.69) is 15.9 Å². The second kappa shape index (κ2) is 6.66. The summed E-state index contributed by atoms with van der Waals surface area (Å²) in [5.41, 5.74) is 1.000. The van der Waals surface area contributed by atoms with Gasteiger partial charge in [-0.2, -0.15) is 0 Å². The van der Waals surface area contributed by atoms with Crippen molar-refractivity contribution in [2.45, 2.75) is 19.3 Å². The molecule has 0 saturated carbocycles. The number of rotatable bonds is 6. The van der Waals surface area contributed by atoms with Crippen molar-refractivity contribution in [3.8, 4) is 0 Å². The second-order valence-electron chi connectivity index (χ2n) is 3.74. The van der Waals surface area contributed by atoms with Crippen LogP contribution in [0.4, 0.5) is 0 Å². The van der Waals surface area contributed by atoms with Crippen LogP contribution in [0.2, 0.25) is 0 Å². The molecule has 0 saturated heterocycles. The molecule has 88 valence electrons. The molecule has 3 nitrogen and oxygen atoms in total. The zero-order chi connectivity index (χ0) is 12.0. The molecular formula is C12H15BrO3. The molecule has 1 aromatic carbocycles. The Bertz CT molecular complexity index is 352. The zero-order valence-electron chi connectivity index (χ0n) is 8.90. The van der Waals surface area contributed by atoms with Crippen molar-refractivity contribution in [1.29, 1.82) is 0 Å². The fourth-order valence-corrected chi connectivity index (χ4v) is 2.05. The number of benzene rings is 1. The van der Waals surface area contributed by atoms with Crippen LogP contribution in [-0.4, -0.2) is 22.8 Å². The summed E-state index contributed by atoms with van der Waals surface area (Å²) < 4.78 is 0.955. The fourth-order valence-electron chi connectivity index (χ4n) is 1.60. The lowest BCUT2D eigenvalue weighted by molar-refractivity contribution is -0.142. The first kappa shape index (κ1) is 13.2. The smallest absolute Gasteiger partial charge is 0.306 e. The van der Waals surface area contributed by atoms with Crippen molar-refractivity contribution < 1.29 is 15.0 Å². The molecule has 16 heavy (non-hydrogen) atoms. The van der Waals surface area contributed by atoms with Gasteiger partial charge in [0, 0.05) is 11.1 Å². The van der Waals surface area contributed by atoms with Crippen molar-refractivity contribution >= 4 is 21.9 Å². The molecule has 0 spiro atoms. The van der Waals surface area contributed by atoms with Gasteiger partial charge in [0.25, 0.3) is 0 Å².